The molecule has 0 amide bonds. The van der Waals surface area contributed by atoms with Gasteiger partial charge in [0.15, 0.2) is 0 Å². The van der Waals surface area contributed by atoms with Crippen LogP contribution in [0.25, 0.3) is 88.3 Å². The van der Waals surface area contributed by atoms with E-state index >= 15 is 0 Å². The van der Waals surface area contributed by atoms with Crippen molar-refractivity contribution >= 4 is 49.8 Å². The van der Waals surface area contributed by atoms with E-state index in [9.17, 15) is 0 Å². The topological polar surface area (TPSA) is 16.4 Å². The number of rotatable bonds is 8. The molecular formula is C58H39NO. The Morgan fingerprint density at radius 1 is 0.283 bits per heavy atom. The molecular weight excluding hydrogens is 727 g/mol. The standard InChI is InChI=1S/C58H39NO/c1-4-17-40(18-5-1)42-31-33-45(34-32-42)48-24-14-15-29-54(48)59(46-37-35-43(36-38-46)41-19-6-2-7-20-41)55-39-53-57-51(49-25-11-10-23-47(49)44-21-8-3-9-22-44)28-16-30-56(57)60-58(53)52-27-13-12-26-50(52)55/h1-39H. The third-order valence-corrected chi connectivity index (χ3v) is 11.7. The lowest BCUT2D eigenvalue weighted by atomic mass is 9.91. The van der Waals surface area contributed by atoms with Crippen molar-refractivity contribution in [2.24, 2.45) is 0 Å². The van der Waals surface area contributed by atoms with Crippen LogP contribution in [0.1, 0.15) is 0 Å². The van der Waals surface area contributed by atoms with Crippen LogP contribution in [-0.4, -0.2) is 0 Å². The summed E-state index contributed by atoms with van der Waals surface area (Å²) in [5.41, 5.74) is 16.7. The van der Waals surface area contributed by atoms with Crippen molar-refractivity contribution in [2.45, 2.75) is 0 Å². The minimum Gasteiger partial charge on any atom is -0.455 e. The highest BCUT2D eigenvalue weighted by Gasteiger charge is 2.24. The summed E-state index contributed by atoms with van der Waals surface area (Å²) in [5.74, 6) is 0. The zero-order chi connectivity index (χ0) is 39.8. The van der Waals surface area contributed by atoms with E-state index < -0.39 is 0 Å². The van der Waals surface area contributed by atoms with Crippen molar-refractivity contribution in [3.05, 3.63) is 237 Å². The Morgan fingerprint density at radius 3 is 1.42 bits per heavy atom. The quantitative estimate of drug-likeness (QED) is 0.153. The molecule has 2 nitrogen and oxygen atoms in total. The van der Waals surface area contributed by atoms with Gasteiger partial charge in [-0.25, -0.2) is 0 Å². The first kappa shape index (κ1) is 35.2. The van der Waals surface area contributed by atoms with Gasteiger partial charge in [0.25, 0.3) is 0 Å². The molecule has 0 aliphatic heterocycles. The van der Waals surface area contributed by atoms with Crippen LogP contribution >= 0.6 is 0 Å². The van der Waals surface area contributed by atoms with Crippen LogP contribution in [0.4, 0.5) is 17.1 Å². The molecule has 0 fully saturated rings. The van der Waals surface area contributed by atoms with Crippen LogP contribution in [0.3, 0.4) is 0 Å². The summed E-state index contributed by atoms with van der Waals surface area (Å²) in [7, 11) is 0. The van der Waals surface area contributed by atoms with Crippen LogP contribution < -0.4 is 4.90 Å². The van der Waals surface area contributed by atoms with Gasteiger partial charge in [0.2, 0.25) is 0 Å². The average molecular weight is 766 g/mol. The first-order valence-corrected chi connectivity index (χ1v) is 20.5. The molecule has 2 heteroatoms. The summed E-state index contributed by atoms with van der Waals surface area (Å²) in [6.45, 7) is 0. The van der Waals surface area contributed by atoms with E-state index in [2.05, 4.69) is 241 Å². The molecule has 0 N–H and O–H groups in total. The van der Waals surface area contributed by atoms with Gasteiger partial charge in [-0.3, -0.25) is 0 Å². The van der Waals surface area contributed by atoms with Crippen molar-refractivity contribution in [1.82, 2.24) is 0 Å². The van der Waals surface area contributed by atoms with Gasteiger partial charge in [-0.1, -0.05) is 206 Å². The average Bonchev–Trinajstić information content (AvgIpc) is 3.72. The Labute approximate surface area is 349 Å². The van der Waals surface area contributed by atoms with Gasteiger partial charge in [-0.2, -0.15) is 0 Å². The summed E-state index contributed by atoms with van der Waals surface area (Å²) >= 11 is 0. The lowest BCUT2D eigenvalue weighted by Gasteiger charge is -2.29. The van der Waals surface area contributed by atoms with Crippen molar-refractivity contribution < 1.29 is 4.42 Å². The Balaban J connectivity index is 1.16. The number of furan rings is 1. The fourth-order valence-corrected chi connectivity index (χ4v) is 8.85. The highest BCUT2D eigenvalue weighted by Crippen LogP contribution is 2.49. The zero-order valence-electron chi connectivity index (χ0n) is 32.9. The minimum absolute atomic E-state index is 0.866. The van der Waals surface area contributed by atoms with Crippen LogP contribution in [0.2, 0.25) is 0 Å². The fraction of sp³-hybridized carbons (Fsp3) is 0. The fourth-order valence-electron chi connectivity index (χ4n) is 8.85. The number of anilines is 3. The van der Waals surface area contributed by atoms with E-state index in [-0.39, 0.29) is 0 Å². The second-order valence-corrected chi connectivity index (χ2v) is 15.2. The van der Waals surface area contributed by atoms with Crippen LogP contribution in [-0.2, 0) is 0 Å². The summed E-state index contributed by atoms with van der Waals surface area (Å²) in [5, 5.41) is 4.36. The van der Waals surface area contributed by atoms with Crippen molar-refractivity contribution in [3.8, 4) is 55.6 Å². The number of hydrogen-bond acceptors (Lipinski definition) is 2. The van der Waals surface area contributed by atoms with E-state index in [0.29, 0.717) is 0 Å². The second kappa shape index (κ2) is 15.1. The SMILES string of the molecule is c1ccc(-c2ccc(-c3ccccc3N(c3ccc(-c4ccccc4)cc3)c3cc4c(oc5cccc(-c6ccccc6-c6ccccc6)c54)c4ccccc34)cc2)cc1. The largest absolute Gasteiger partial charge is 0.455 e. The zero-order valence-corrected chi connectivity index (χ0v) is 32.9. The van der Waals surface area contributed by atoms with Crippen molar-refractivity contribution in [3.63, 3.8) is 0 Å². The second-order valence-electron chi connectivity index (χ2n) is 15.2. The highest BCUT2D eigenvalue weighted by molar-refractivity contribution is 6.23. The number of benzene rings is 10. The molecule has 0 saturated carbocycles. The Hall–Kier alpha value is -7.94. The molecule has 10 aromatic carbocycles. The van der Waals surface area contributed by atoms with Gasteiger partial charge in [0, 0.05) is 32.8 Å². The number of fused-ring (bicyclic) bond motifs is 5. The molecule has 11 rings (SSSR count). The number of nitrogens with zero attached hydrogens (tertiary/aromatic N) is 1. The molecule has 0 aliphatic carbocycles. The van der Waals surface area contributed by atoms with Gasteiger partial charge in [-0.05, 0) is 80.4 Å². The molecule has 0 radical (unpaired) electrons. The van der Waals surface area contributed by atoms with Gasteiger partial charge in [-0.15, -0.1) is 0 Å². The van der Waals surface area contributed by atoms with Gasteiger partial charge >= 0.3 is 0 Å². The molecule has 0 saturated heterocycles. The van der Waals surface area contributed by atoms with Crippen LogP contribution in [0, 0.1) is 0 Å². The summed E-state index contributed by atoms with van der Waals surface area (Å²) < 4.78 is 6.91. The summed E-state index contributed by atoms with van der Waals surface area (Å²) in [6, 6.07) is 84.7. The Kier molecular flexibility index (Phi) is 8.87. The summed E-state index contributed by atoms with van der Waals surface area (Å²) in [6.07, 6.45) is 0. The smallest absolute Gasteiger partial charge is 0.143 e. The maximum absolute atomic E-state index is 6.91. The Bertz CT molecular complexity index is 3280. The molecule has 0 atom stereocenters. The van der Waals surface area contributed by atoms with Gasteiger partial charge < -0.3 is 9.32 Å². The molecule has 0 bridgehead atoms. The lowest BCUT2D eigenvalue weighted by molar-refractivity contribution is 0.673. The first-order valence-electron chi connectivity index (χ1n) is 20.5. The van der Waals surface area contributed by atoms with Crippen LogP contribution in [0.15, 0.2) is 241 Å². The van der Waals surface area contributed by atoms with Crippen molar-refractivity contribution in [1.29, 1.82) is 0 Å². The predicted molar refractivity (Wildman–Crippen MR) is 253 cm³/mol. The van der Waals surface area contributed by atoms with Gasteiger partial charge in [0.05, 0.1) is 11.4 Å². The van der Waals surface area contributed by atoms with Crippen LogP contribution in [0.5, 0.6) is 0 Å². The molecule has 0 spiro atoms. The maximum atomic E-state index is 6.91. The first-order chi connectivity index (χ1) is 29.8. The third kappa shape index (κ3) is 6.23. The monoisotopic (exact) mass is 765 g/mol. The van der Waals surface area contributed by atoms with Crippen molar-refractivity contribution in [2.75, 3.05) is 4.90 Å². The minimum atomic E-state index is 0.866. The molecule has 1 heterocycles. The molecule has 0 unspecified atom stereocenters. The molecule has 282 valence electrons. The summed E-state index contributed by atoms with van der Waals surface area (Å²) in [4.78, 5) is 2.44. The highest BCUT2D eigenvalue weighted by atomic mass is 16.3. The lowest BCUT2D eigenvalue weighted by Crippen LogP contribution is -2.12. The van der Waals surface area contributed by atoms with E-state index in [4.69, 9.17) is 4.42 Å². The van der Waals surface area contributed by atoms with Gasteiger partial charge in [0.1, 0.15) is 11.2 Å². The molecule has 60 heavy (non-hydrogen) atoms. The van der Waals surface area contributed by atoms with E-state index in [0.717, 1.165) is 66.5 Å². The number of para-hydroxylation sites is 1. The van der Waals surface area contributed by atoms with E-state index in [1.165, 1.54) is 38.9 Å². The number of hydrogen-bond donors (Lipinski definition) is 0. The molecule has 1 aromatic heterocycles. The Morgan fingerprint density at radius 2 is 0.750 bits per heavy atom. The van der Waals surface area contributed by atoms with E-state index in [1.807, 2.05) is 0 Å². The van der Waals surface area contributed by atoms with E-state index in [1.54, 1.807) is 0 Å². The third-order valence-electron chi connectivity index (χ3n) is 11.7. The molecule has 11 aromatic rings. The molecule has 0 aliphatic rings. The normalized spacial score (nSPS) is 11.3. The maximum Gasteiger partial charge on any atom is 0.143 e. The predicted octanol–water partition coefficient (Wildman–Crippen LogP) is 16.5.